The first-order valence-electron chi connectivity index (χ1n) is 10.4. The minimum atomic E-state index is -0.184. The summed E-state index contributed by atoms with van der Waals surface area (Å²) >= 11 is 14.9. The van der Waals surface area contributed by atoms with Crippen LogP contribution in [0.5, 0.6) is 5.75 Å². The Hall–Kier alpha value is -2.59. The third-order valence-corrected chi connectivity index (χ3v) is 7.03. The molecule has 34 heavy (non-hydrogen) atoms. The highest BCUT2D eigenvalue weighted by molar-refractivity contribution is 7.99. The summed E-state index contributed by atoms with van der Waals surface area (Å²) < 4.78 is 7.79. The van der Waals surface area contributed by atoms with E-state index in [2.05, 4.69) is 20.5 Å². The summed E-state index contributed by atoms with van der Waals surface area (Å²) in [7, 11) is 0. The van der Waals surface area contributed by atoms with Crippen LogP contribution in [0.3, 0.4) is 0 Å². The van der Waals surface area contributed by atoms with Crippen molar-refractivity contribution in [2.45, 2.75) is 32.2 Å². The summed E-state index contributed by atoms with van der Waals surface area (Å²) in [5.74, 6) is 1.47. The van der Waals surface area contributed by atoms with Gasteiger partial charge in [-0.1, -0.05) is 47.1 Å². The average molecular weight is 534 g/mol. The number of carbonyl (C=O) groups is 1. The van der Waals surface area contributed by atoms with Crippen LogP contribution in [0, 0.1) is 6.92 Å². The number of amides is 1. The second-order valence-corrected chi connectivity index (χ2v) is 9.89. The van der Waals surface area contributed by atoms with Gasteiger partial charge in [-0.05, 0) is 49.7 Å². The zero-order chi connectivity index (χ0) is 24.1. The monoisotopic (exact) mass is 533 g/mol. The predicted octanol–water partition coefficient (Wildman–Crippen LogP) is 6.35. The van der Waals surface area contributed by atoms with E-state index < -0.39 is 0 Å². The molecule has 4 rings (SSSR count). The van der Waals surface area contributed by atoms with Crippen molar-refractivity contribution >= 4 is 57.3 Å². The topological polar surface area (TPSA) is 81.9 Å². The number of carbonyl (C=O) groups excluding carboxylic acids is 1. The lowest BCUT2D eigenvalue weighted by Crippen LogP contribution is -2.14. The second kappa shape index (κ2) is 11.2. The first-order chi connectivity index (χ1) is 16.4. The number of thiazole rings is 1. The van der Waals surface area contributed by atoms with Crippen molar-refractivity contribution in [2.24, 2.45) is 0 Å². The highest BCUT2D eigenvalue weighted by Crippen LogP contribution is 2.32. The summed E-state index contributed by atoms with van der Waals surface area (Å²) in [6, 6.07) is 13.1. The van der Waals surface area contributed by atoms with Crippen LogP contribution < -0.4 is 10.1 Å². The third kappa shape index (κ3) is 6.09. The number of thioether (sulfide) groups is 1. The smallest absolute Gasteiger partial charge is 0.236 e. The van der Waals surface area contributed by atoms with E-state index in [9.17, 15) is 4.79 Å². The first-order valence-corrected chi connectivity index (χ1v) is 13.0. The van der Waals surface area contributed by atoms with Crippen molar-refractivity contribution in [1.29, 1.82) is 0 Å². The number of hydrogen-bond donors (Lipinski definition) is 1. The maximum absolute atomic E-state index is 12.5. The SMILES string of the molecule is CCn1c(COc2cccc(C)c2)nnc1SCC(=O)Nc1nc(-c2ccc(Cl)cc2Cl)cs1. The largest absolute Gasteiger partial charge is 0.486 e. The Balaban J connectivity index is 1.34. The van der Waals surface area contributed by atoms with Gasteiger partial charge in [-0.25, -0.2) is 4.98 Å². The van der Waals surface area contributed by atoms with E-state index in [-0.39, 0.29) is 11.7 Å². The molecular formula is C23H21Cl2N5O2S2. The minimum Gasteiger partial charge on any atom is -0.486 e. The third-order valence-electron chi connectivity index (χ3n) is 4.76. The van der Waals surface area contributed by atoms with Gasteiger partial charge in [0.25, 0.3) is 0 Å². The van der Waals surface area contributed by atoms with E-state index in [4.69, 9.17) is 27.9 Å². The van der Waals surface area contributed by atoms with Gasteiger partial charge in [-0.3, -0.25) is 4.79 Å². The molecule has 0 unspecified atom stereocenters. The molecule has 0 saturated heterocycles. The molecule has 0 bridgehead atoms. The maximum atomic E-state index is 12.5. The van der Waals surface area contributed by atoms with Gasteiger partial charge in [0.15, 0.2) is 16.1 Å². The van der Waals surface area contributed by atoms with Gasteiger partial charge in [-0.2, -0.15) is 0 Å². The Labute approximate surface area is 215 Å². The second-order valence-electron chi connectivity index (χ2n) is 7.25. The number of anilines is 1. The van der Waals surface area contributed by atoms with Crippen molar-refractivity contribution in [3.8, 4) is 17.0 Å². The molecule has 2 heterocycles. The molecule has 7 nitrogen and oxygen atoms in total. The van der Waals surface area contributed by atoms with E-state index >= 15 is 0 Å². The standard InChI is InChI=1S/C23H21Cl2N5O2S2/c1-3-30-20(11-32-16-6-4-5-14(2)9-16)28-29-23(30)34-13-21(31)27-22-26-19(12-33-22)17-8-7-15(24)10-18(17)25/h4-10,12H,3,11,13H2,1-2H3,(H,26,27,31). The Morgan fingerprint density at radius 2 is 2.06 bits per heavy atom. The van der Waals surface area contributed by atoms with Crippen molar-refractivity contribution in [1.82, 2.24) is 19.7 Å². The summed E-state index contributed by atoms with van der Waals surface area (Å²) in [6.45, 7) is 4.98. The van der Waals surface area contributed by atoms with Crippen LogP contribution >= 0.6 is 46.3 Å². The van der Waals surface area contributed by atoms with E-state index in [0.717, 1.165) is 16.9 Å². The Kier molecular flexibility index (Phi) is 8.10. The number of rotatable bonds is 9. The minimum absolute atomic E-state index is 0.174. The lowest BCUT2D eigenvalue weighted by molar-refractivity contribution is -0.113. The zero-order valence-electron chi connectivity index (χ0n) is 18.4. The molecule has 0 spiro atoms. The summed E-state index contributed by atoms with van der Waals surface area (Å²) in [5.41, 5.74) is 2.56. The van der Waals surface area contributed by atoms with Crippen LogP contribution in [0.1, 0.15) is 18.3 Å². The van der Waals surface area contributed by atoms with Crippen LogP contribution in [0.2, 0.25) is 10.0 Å². The Morgan fingerprint density at radius 1 is 1.21 bits per heavy atom. The fraction of sp³-hybridized carbons (Fsp3) is 0.217. The number of aryl methyl sites for hydroxylation is 1. The number of nitrogens with one attached hydrogen (secondary N) is 1. The molecular weight excluding hydrogens is 513 g/mol. The van der Waals surface area contributed by atoms with Crippen LogP contribution in [0.15, 0.2) is 53.0 Å². The molecule has 0 atom stereocenters. The van der Waals surface area contributed by atoms with Gasteiger partial charge in [0.05, 0.1) is 16.5 Å². The molecule has 2 aromatic carbocycles. The number of aromatic nitrogens is 4. The fourth-order valence-electron chi connectivity index (χ4n) is 3.14. The van der Waals surface area contributed by atoms with Crippen LogP contribution in [-0.4, -0.2) is 31.4 Å². The van der Waals surface area contributed by atoms with E-state index in [1.54, 1.807) is 18.2 Å². The average Bonchev–Trinajstić information content (AvgIpc) is 3.42. The lowest BCUT2D eigenvalue weighted by atomic mass is 10.2. The molecule has 2 aromatic heterocycles. The van der Waals surface area contributed by atoms with Crippen LogP contribution in [0.25, 0.3) is 11.3 Å². The quantitative estimate of drug-likeness (QED) is 0.252. The molecule has 0 fully saturated rings. The van der Waals surface area contributed by atoms with Gasteiger partial charge in [0, 0.05) is 22.5 Å². The number of benzene rings is 2. The van der Waals surface area contributed by atoms with E-state index in [1.807, 2.05) is 48.1 Å². The molecule has 4 aromatic rings. The van der Waals surface area contributed by atoms with Crippen molar-refractivity contribution in [3.05, 3.63) is 69.3 Å². The van der Waals surface area contributed by atoms with Gasteiger partial charge >= 0.3 is 0 Å². The first kappa shape index (κ1) is 24.5. The van der Waals surface area contributed by atoms with E-state index in [1.165, 1.54) is 23.1 Å². The highest BCUT2D eigenvalue weighted by atomic mass is 35.5. The van der Waals surface area contributed by atoms with Gasteiger partial charge in [0.1, 0.15) is 12.4 Å². The zero-order valence-corrected chi connectivity index (χ0v) is 21.6. The number of nitrogens with zero attached hydrogens (tertiary/aromatic N) is 4. The molecule has 176 valence electrons. The molecule has 0 saturated carbocycles. The normalized spacial score (nSPS) is 10.9. The number of ether oxygens (including phenoxy) is 1. The van der Waals surface area contributed by atoms with Gasteiger partial charge < -0.3 is 14.6 Å². The van der Waals surface area contributed by atoms with Crippen LogP contribution in [-0.2, 0) is 17.9 Å². The van der Waals surface area contributed by atoms with Crippen molar-refractivity contribution in [3.63, 3.8) is 0 Å². The summed E-state index contributed by atoms with van der Waals surface area (Å²) in [5, 5.41) is 15.4. The van der Waals surface area contributed by atoms with Crippen molar-refractivity contribution < 1.29 is 9.53 Å². The molecule has 0 aliphatic carbocycles. The van der Waals surface area contributed by atoms with Gasteiger partial charge in [0.2, 0.25) is 5.91 Å². The summed E-state index contributed by atoms with van der Waals surface area (Å²) in [6.07, 6.45) is 0. The van der Waals surface area contributed by atoms with Gasteiger partial charge in [-0.15, -0.1) is 21.5 Å². The summed E-state index contributed by atoms with van der Waals surface area (Å²) in [4.78, 5) is 17.0. The highest BCUT2D eigenvalue weighted by Gasteiger charge is 2.15. The fourth-order valence-corrected chi connectivity index (χ4v) is 5.19. The Morgan fingerprint density at radius 3 is 2.82 bits per heavy atom. The number of hydrogen-bond acceptors (Lipinski definition) is 7. The maximum Gasteiger partial charge on any atom is 0.236 e. The van der Waals surface area contributed by atoms with E-state index in [0.29, 0.717) is 45.0 Å². The van der Waals surface area contributed by atoms with Crippen LogP contribution in [0.4, 0.5) is 5.13 Å². The molecule has 0 radical (unpaired) electrons. The molecule has 1 N–H and O–H groups in total. The molecule has 0 aliphatic rings. The Bertz CT molecular complexity index is 1310. The number of halogens is 2. The molecule has 11 heteroatoms. The molecule has 1 amide bonds. The predicted molar refractivity (Wildman–Crippen MR) is 138 cm³/mol. The van der Waals surface area contributed by atoms with Crippen molar-refractivity contribution in [2.75, 3.05) is 11.1 Å². The lowest BCUT2D eigenvalue weighted by Gasteiger charge is -2.09. The molecule has 0 aliphatic heterocycles.